The number of unbranched alkanes of at least 4 members (excludes halogenated alkanes) is 1. The normalized spacial score (nSPS) is 10.6. The number of rotatable bonds is 4. The summed E-state index contributed by atoms with van der Waals surface area (Å²) >= 11 is 0. The van der Waals surface area contributed by atoms with Crippen LogP contribution in [0, 0.1) is 0 Å². The molecule has 0 saturated heterocycles. The predicted octanol–water partition coefficient (Wildman–Crippen LogP) is 3.51. The molecule has 0 spiro atoms. The lowest BCUT2D eigenvalue weighted by Crippen LogP contribution is -1.81. The Hall–Kier alpha value is -1.24. The average molecular weight is 176 g/mol. The molecule has 0 unspecified atom stereocenters. The van der Waals surface area contributed by atoms with Crippen molar-refractivity contribution >= 4 is 6.08 Å². The molecule has 1 rings (SSSR count). The highest BCUT2D eigenvalue weighted by atomic mass is 16.5. The van der Waals surface area contributed by atoms with Crippen molar-refractivity contribution < 1.29 is 4.74 Å². The SMILES string of the molecule is CCC/C=C\c1ccc(OC)cc1. The lowest BCUT2D eigenvalue weighted by Gasteiger charge is -1.98. The minimum absolute atomic E-state index is 0.910. The maximum Gasteiger partial charge on any atom is 0.118 e. The van der Waals surface area contributed by atoms with Crippen LogP contribution < -0.4 is 4.74 Å². The zero-order valence-corrected chi connectivity index (χ0v) is 8.29. The molecule has 13 heavy (non-hydrogen) atoms. The van der Waals surface area contributed by atoms with E-state index in [2.05, 4.69) is 31.2 Å². The molecule has 0 N–H and O–H groups in total. The van der Waals surface area contributed by atoms with Gasteiger partial charge in [0.15, 0.2) is 0 Å². The number of hydrogen-bond acceptors (Lipinski definition) is 1. The summed E-state index contributed by atoms with van der Waals surface area (Å²) in [6, 6.07) is 8.08. The van der Waals surface area contributed by atoms with Gasteiger partial charge in [-0.15, -0.1) is 0 Å². The molecule has 1 nitrogen and oxygen atoms in total. The third kappa shape index (κ3) is 3.32. The van der Waals surface area contributed by atoms with Gasteiger partial charge in [0.1, 0.15) is 5.75 Å². The standard InChI is InChI=1S/C12H16O/c1-3-4-5-6-11-7-9-12(13-2)10-8-11/h5-10H,3-4H2,1-2H3/b6-5-. The molecule has 0 radical (unpaired) electrons. The van der Waals surface area contributed by atoms with E-state index in [1.807, 2.05) is 12.1 Å². The van der Waals surface area contributed by atoms with Gasteiger partial charge in [-0.25, -0.2) is 0 Å². The second-order valence-corrected chi connectivity index (χ2v) is 2.96. The van der Waals surface area contributed by atoms with Gasteiger partial charge < -0.3 is 4.74 Å². The van der Waals surface area contributed by atoms with Gasteiger partial charge >= 0.3 is 0 Å². The van der Waals surface area contributed by atoms with Crippen molar-refractivity contribution in [1.29, 1.82) is 0 Å². The monoisotopic (exact) mass is 176 g/mol. The van der Waals surface area contributed by atoms with Crippen LogP contribution in [-0.4, -0.2) is 7.11 Å². The first kappa shape index (κ1) is 9.85. The summed E-state index contributed by atoms with van der Waals surface area (Å²) in [6.07, 6.45) is 6.68. The summed E-state index contributed by atoms with van der Waals surface area (Å²) in [7, 11) is 1.68. The fourth-order valence-corrected chi connectivity index (χ4v) is 1.10. The second kappa shape index (κ2) is 5.41. The van der Waals surface area contributed by atoms with E-state index >= 15 is 0 Å². The Kier molecular flexibility index (Phi) is 4.10. The van der Waals surface area contributed by atoms with E-state index in [1.54, 1.807) is 7.11 Å². The predicted molar refractivity (Wildman–Crippen MR) is 56.9 cm³/mol. The molecule has 0 bridgehead atoms. The van der Waals surface area contributed by atoms with Gasteiger partial charge in [-0.05, 0) is 24.1 Å². The Labute approximate surface area is 80.0 Å². The van der Waals surface area contributed by atoms with Crippen molar-refractivity contribution in [2.75, 3.05) is 7.11 Å². The van der Waals surface area contributed by atoms with Gasteiger partial charge in [-0.1, -0.05) is 37.6 Å². The van der Waals surface area contributed by atoms with Gasteiger partial charge in [0.25, 0.3) is 0 Å². The van der Waals surface area contributed by atoms with Gasteiger partial charge in [0.05, 0.1) is 7.11 Å². The molecule has 0 aliphatic rings. The molecule has 1 aromatic rings. The van der Waals surface area contributed by atoms with E-state index in [0.29, 0.717) is 0 Å². The van der Waals surface area contributed by atoms with Crippen LogP contribution in [0.3, 0.4) is 0 Å². The molecule has 0 aliphatic carbocycles. The largest absolute Gasteiger partial charge is 0.497 e. The Morgan fingerprint density at radius 1 is 1.23 bits per heavy atom. The molecule has 70 valence electrons. The number of methoxy groups -OCH3 is 1. The Balaban J connectivity index is 2.58. The summed E-state index contributed by atoms with van der Waals surface area (Å²) < 4.78 is 5.07. The summed E-state index contributed by atoms with van der Waals surface area (Å²) in [5.41, 5.74) is 1.23. The maximum absolute atomic E-state index is 5.07. The van der Waals surface area contributed by atoms with Crippen molar-refractivity contribution in [3.8, 4) is 5.75 Å². The number of ether oxygens (including phenoxy) is 1. The lowest BCUT2D eigenvalue weighted by molar-refractivity contribution is 0.415. The van der Waals surface area contributed by atoms with Gasteiger partial charge in [-0.3, -0.25) is 0 Å². The molecule has 0 fully saturated rings. The lowest BCUT2D eigenvalue weighted by atomic mass is 10.2. The zero-order chi connectivity index (χ0) is 9.52. The van der Waals surface area contributed by atoms with Crippen molar-refractivity contribution in [3.63, 3.8) is 0 Å². The van der Waals surface area contributed by atoms with E-state index in [0.717, 1.165) is 12.2 Å². The number of benzene rings is 1. The Bertz CT molecular complexity index is 259. The maximum atomic E-state index is 5.07. The van der Waals surface area contributed by atoms with E-state index in [-0.39, 0.29) is 0 Å². The second-order valence-electron chi connectivity index (χ2n) is 2.96. The Morgan fingerprint density at radius 3 is 2.46 bits per heavy atom. The molecule has 1 aromatic carbocycles. The van der Waals surface area contributed by atoms with E-state index in [4.69, 9.17) is 4.74 Å². The van der Waals surface area contributed by atoms with Crippen molar-refractivity contribution in [1.82, 2.24) is 0 Å². The highest BCUT2D eigenvalue weighted by Gasteiger charge is 1.88. The highest BCUT2D eigenvalue weighted by molar-refractivity contribution is 5.50. The van der Waals surface area contributed by atoms with Gasteiger partial charge in [0, 0.05) is 0 Å². The highest BCUT2D eigenvalue weighted by Crippen LogP contribution is 2.12. The summed E-state index contributed by atoms with van der Waals surface area (Å²) in [4.78, 5) is 0. The van der Waals surface area contributed by atoms with Crippen LogP contribution in [0.2, 0.25) is 0 Å². The first-order valence-electron chi connectivity index (χ1n) is 4.67. The molecule has 0 atom stereocenters. The molecule has 0 saturated carbocycles. The first-order chi connectivity index (χ1) is 6.36. The van der Waals surface area contributed by atoms with Crippen LogP contribution in [0.4, 0.5) is 0 Å². The molecular weight excluding hydrogens is 160 g/mol. The van der Waals surface area contributed by atoms with Gasteiger partial charge in [0.2, 0.25) is 0 Å². The topological polar surface area (TPSA) is 9.23 Å². The van der Waals surface area contributed by atoms with E-state index in [1.165, 1.54) is 12.0 Å². The zero-order valence-electron chi connectivity index (χ0n) is 8.29. The van der Waals surface area contributed by atoms with Crippen LogP contribution in [-0.2, 0) is 0 Å². The van der Waals surface area contributed by atoms with E-state index < -0.39 is 0 Å². The fourth-order valence-electron chi connectivity index (χ4n) is 1.10. The van der Waals surface area contributed by atoms with Crippen LogP contribution in [0.15, 0.2) is 30.3 Å². The average Bonchev–Trinajstić information content (AvgIpc) is 2.19. The summed E-state index contributed by atoms with van der Waals surface area (Å²) in [5.74, 6) is 0.910. The minimum Gasteiger partial charge on any atom is -0.497 e. The fraction of sp³-hybridized carbons (Fsp3) is 0.333. The molecule has 0 heterocycles. The number of hydrogen-bond donors (Lipinski definition) is 0. The molecular formula is C12H16O. The molecule has 1 heteroatoms. The van der Waals surface area contributed by atoms with Crippen molar-refractivity contribution in [3.05, 3.63) is 35.9 Å². The molecule has 0 amide bonds. The quantitative estimate of drug-likeness (QED) is 0.682. The van der Waals surface area contributed by atoms with E-state index in [9.17, 15) is 0 Å². The molecule has 0 aromatic heterocycles. The molecule has 0 aliphatic heterocycles. The van der Waals surface area contributed by atoms with Crippen LogP contribution >= 0.6 is 0 Å². The van der Waals surface area contributed by atoms with Crippen LogP contribution in [0.1, 0.15) is 25.3 Å². The third-order valence-electron chi connectivity index (χ3n) is 1.88. The van der Waals surface area contributed by atoms with Crippen LogP contribution in [0.25, 0.3) is 6.08 Å². The third-order valence-corrected chi connectivity index (χ3v) is 1.88. The van der Waals surface area contributed by atoms with Crippen molar-refractivity contribution in [2.45, 2.75) is 19.8 Å². The Morgan fingerprint density at radius 2 is 1.92 bits per heavy atom. The first-order valence-corrected chi connectivity index (χ1v) is 4.67. The smallest absolute Gasteiger partial charge is 0.118 e. The number of allylic oxidation sites excluding steroid dienone is 1. The van der Waals surface area contributed by atoms with Gasteiger partial charge in [-0.2, -0.15) is 0 Å². The minimum atomic E-state index is 0.910. The van der Waals surface area contributed by atoms with Crippen LogP contribution in [0.5, 0.6) is 5.75 Å². The summed E-state index contributed by atoms with van der Waals surface area (Å²) in [6.45, 7) is 2.18. The van der Waals surface area contributed by atoms with Crippen molar-refractivity contribution in [2.24, 2.45) is 0 Å². The summed E-state index contributed by atoms with van der Waals surface area (Å²) in [5, 5.41) is 0.